The zero-order valence-electron chi connectivity index (χ0n) is 11.9. The van der Waals surface area contributed by atoms with Gasteiger partial charge < -0.3 is 5.11 Å². The molecule has 0 aromatic carbocycles. The number of carbonyl (C=O) groups is 3. The summed E-state index contributed by atoms with van der Waals surface area (Å²) in [6.45, 7) is 5.08. The minimum atomic E-state index is -1.16. The van der Waals surface area contributed by atoms with Crippen LogP contribution in [0.2, 0.25) is 0 Å². The Morgan fingerprint density at radius 3 is 2.00 bits per heavy atom. The summed E-state index contributed by atoms with van der Waals surface area (Å²) in [5.41, 5.74) is -0.134. The van der Waals surface area contributed by atoms with Gasteiger partial charge in [0.2, 0.25) is 0 Å². The minimum absolute atomic E-state index is 0.0453. The minimum Gasteiger partial charge on any atom is -0.478 e. The van der Waals surface area contributed by atoms with Crippen molar-refractivity contribution in [2.24, 2.45) is 11.8 Å². The maximum Gasteiger partial charge on any atom is 0.332 e. The Labute approximate surface area is 113 Å². The molecule has 0 aliphatic heterocycles. The molecule has 0 radical (unpaired) electrons. The summed E-state index contributed by atoms with van der Waals surface area (Å²) in [5.74, 6) is -1.43. The van der Waals surface area contributed by atoms with Crippen LogP contribution in [0.25, 0.3) is 0 Å². The fourth-order valence-corrected chi connectivity index (χ4v) is 2.70. The monoisotopic (exact) mass is 266 g/mol. The lowest BCUT2D eigenvalue weighted by atomic mass is 9.78. The van der Waals surface area contributed by atoms with Crippen LogP contribution in [0.1, 0.15) is 52.9 Å². The molecule has 0 saturated heterocycles. The van der Waals surface area contributed by atoms with Gasteiger partial charge >= 0.3 is 5.97 Å². The van der Waals surface area contributed by atoms with Gasteiger partial charge in [0.15, 0.2) is 11.6 Å². The molecule has 4 nitrogen and oxygen atoms in total. The Bertz CT molecular complexity index is 412. The van der Waals surface area contributed by atoms with E-state index in [9.17, 15) is 14.4 Å². The van der Waals surface area contributed by atoms with Crippen molar-refractivity contribution in [1.29, 1.82) is 0 Å². The number of carboxylic acids is 1. The predicted octanol–water partition coefficient (Wildman–Crippen LogP) is 2.76. The molecule has 0 atom stereocenters. The molecule has 0 bridgehead atoms. The fraction of sp³-hybridized carbons (Fsp3) is 0.667. The van der Waals surface area contributed by atoms with Crippen LogP contribution in [0.4, 0.5) is 0 Å². The smallest absolute Gasteiger partial charge is 0.332 e. The van der Waals surface area contributed by atoms with E-state index in [-0.39, 0.29) is 29.3 Å². The van der Waals surface area contributed by atoms with Crippen molar-refractivity contribution in [1.82, 2.24) is 0 Å². The first-order chi connectivity index (χ1) is 8.88. The van der Waals surface area contributed by atoms with Crippen molar-refractivity contribution < 1.29 is 19.5 Å². The third-order valence-corrected chi connectivity index (χ3v) is 3.90. The maximum absolute atomic E-state index is 12.4. The normalized spacial score (nSPS) is 24.6. The Morgan fingerprint density at radius 1 is 1.11 bits per heavy atom. The van der Waals surface area contributed by atoms with E-state index in [1.165, 1.54) is 6.92 Å². The molecule has 1 N–H and O–H groups in total. The molecule has 0 aromatic heterocycles. The summed E-state index contributed by atoms with van der Waals surface area (Å²) < 4.78 is 0. The van der Waals surface area contributed by atoms with Crippen molar-refractivity contribution in [2.75, 3.05) is 0 Å². The van der Waals surface area contributed by atoms with E-state index in [1.54, 1.807) is 6.92 Å². The van der Waals surface area contributed by atoms with Crippen LogP contribution in [0, 0.1) is 11.8 Å². The first kappa shape index (κ1) is 15.6. The number of Topliss-reactive ketones (excluding diaryl/α,β-unsaturated/α-hetero) is 2. The van der Waals surface area contributed by atoms with E-state index in [4.69, 9.17) is 5.11 Å². The second kappa shape index (κ2) is 6.64. The van der Waals surface area contributed by atoms with Gasteiger partial charge in [0.05, 0.1) is 11.1 Å². The van der Waals surface area contributed by atoms with Crippen LogP contribution in [-0.4, -0.2) is 22.6 Å². The van der Waals surface area contributed by atoms with Gasteiger partial charge in [0.1, 0.15) is 0 Å². The van der Waals surface area contributed by atoms with Gasteiger partial charge in [0, 0.05) is 5.92 Å². The van der Waals surface area contributed by atoms with Crippen molar-refractivity contribution in [3.8, 4) is 0 Å². The number of hydrogen-bond donors (Lipinski definition) is 1. The predicted molar refractivity (Wildman–Crippen MR) is 71.8 cm³/mol. The molecular formula is C15H22O4. The van der Waals surface area contributed by atoms with Gasteiger partial charge in [-0.25, -0.2) is 4.79 Å². The second-order valence-electron chi connectivity index (χ2n) is 5.39. The highest BCUT2D eigenvalue weighted by Crippen LogP contribution is 2.31. The quantitative estimate of drug-likeness (QED) is 0.472. The third-order valence-electron chi connectivity index (χ3n) is 3.90. The van der Waals surface area contributed by atoms with Gasteiger partial charge in [-0.1, -0.05) is 26.7 Å². The zero-order valence-corrected chi connectivity index (χ0v) is 11.9. The largest absolute Gasteiger partial charge is 0.478 e. The highest BCUT2D eigenvalue weighted by atomic mass is 16.4. The number of aliphatic carboxylic acids is 1. The van der Waals surface area contributed by atoms with Crippen LogP contribution in [0.3, 0.4) is 0 Å². The SMILES string of the molecule is CCC(C(=O)O)=C(C(C)=O)C(=O)C1CCC(C)CC1. The molecule has 1 rings (SSSR count). The molecule has 0 spiro atoms. The average Bonchev–Trinajstić information content (AvgIpc) is 2.34. The molecule has 0 unspecified atom stereocenters. The topological polar surface area (TPSA) is 71.4 Å². The summed E-state index contributed by atoms with van der Waals surface area (Å²) in [5, 5.41) is 9.12. The Morgan fingerprint density at radius 2 is 1.63 bits per heavy atom. The zero-order chi connectivity index (χ0) is 14.6. The average molecular weight is 266 g/mol. The van der Waals surface area contributed by atoms with Gasteiger partial charge in [-0.05, 0) is 32.1 Å². The van der Waals surface area contributed by atoms with E-state index in [2.05, 4.69) is 6.92 Å². The number of hydrogen-bond acceptors (Lipinski definition) is 3. The molecule has 4 heteroatoms. The third kappa shape index (κ3) is 3.75. The standard InChI is InChI=1S/C15H22O4/c1-4-12(15(18)19)13(10(3)16)14(17)11-7-5-9(2)6-8-11/h9,11H,4-8H2,1-3H3,(H,18,19). The molecule has 1 aliphatic carbocycles. The van der Waals surface area contributed by atoms with Gasteiger partial charge in [-0.3, -0.25) is 9.59 Å². The van der Waals surface area contributed by atoms with Crippen molar-refractivity contribution in [3.05, 3.63) is 11.1 Å². The van der Waals surface area contributed by atoms with Crippen molar-refractivity contribution >= 4 is 17.5 Å². The summed E-state index contributed by atoms with van der Waals surface area (Å²) in [6, 6.07) is 0. The highest BCUT2D eigenvalue weighted by Gasteiger charge is 2.31. The molecular weight excluding hydrogens is 244 g/mol. The molecule has 1 aliphatic rings. The second-order valence-corrected chi connectivity index (χ2v) is 5.39. The lowest BCUT2D eigenvalue weighted by Gasteiger charge is -2.25. The van der Waals surface area contributed by atoms with Gasteiger partial charge in [0.25, 0.3) is 0 Å². The molecule has 0 heterocycles. The van der Waals surface area contributed by atoms with Crippen molar-refractivity contribution in [2.45, 2.75) is 52.9 Å². The first-order valence-electron chi connectivity index (χ1n) is 6.90. The molecule has 106 valence electrons. The lowest BCUT2D eigenvalue weighted by Crippen LogP contribution is -2.27. The summed E-state index contributed by atoms with van der Waals surface area (Å²) in [6.07, 6.45) is 3.64. The molecule has 0 amide bonds. The Balaban J connectivity index is 3.03. The van der Waals surface area contributed by atoms with Crippen LogP contribution in [-0.2, 0) is 14.4 Å². The molecule has 19 heavy (non-hydrogen) atoms. The lowest BCUT2D eigenvalue weighted by molar-refractivity contribution is -0.134. The molecule has 1 saturated carbocycles. The number of allylic oxidation sites excluding steroid dienone is 1. The fourth-order valence-electron chi connectivity index (χ4n) is 2.70. The highest BCUT2D eigenvalue weighted by molar-refractivity contribution is 6.23. The van der Waals surface area contributed by atoms with Crippen LogP contribution >= 0.6 is 0 Å². The van der Waals surface area contributed by atoms with E-state index in [0.717, 1.165) is 25.7 Å². The van der Waals surface area contributed by atoms with E-state index >= 15 is 0 Å². The van der Waals surface area contributed by atoms with Crippen LogP contribution in [0.15, 0.2) is 11.1 Å². The number of ketones is 2. The van der Waals surface area contributed by atoms with Gasteiger partial charge in [-0.15, -0.1) is 0 Å². The molecule has 0 aromatic rings. The Hall–Kier alpha value is -1.45. The van der Waals surface area contributed by atoms with Crippen LogP contribution < -0.4 is 0 Å². The van der Waals surface area contributed by atoms with Gasteiger partial charge in [-0.2, -0.15) is 0 Å². The van der Waals surface area contributed by atoms with E-state index in [1.807, 2.05) is 0 Å². The Kier molecular flexibility index (Phi) is 5.45. The first-order valence-corrected chi connectivity index (χ1v) is 6.90. The van der Waals surface area contributed by atoms with E-state index < -0.39 is 11.8 Å². The number of carboxylic acid groups (broad SMARTS) is 1. The van der Waals surface area contributed by atoms with Crippen molar-refractivity contribution in [3.63, 3.8) is 0 Å². The summed E-state index contributed by atoms with van der Waals surface area (Å²) in [7, 11) is 0. The van der Waals surface area contributed by atoms with E-state index in [0.29, 0.717) is 5.92 Å². The molecule has 1 fully saturated rings. The number of carbonyl (C=O) groups excluding carboxylic acids is 2. The summed E-state index contributed by atoms with van der Waals surface area (Å²) in [4.78, 5) is 35.2. The number of rotatable bonds is 5. The van der Waals surface area contributed by atoms with Crippen LogP contribution in [0.5, 0.6) is 0 Å². The maximum atomic E-state index is 12.4. The summed E-state index contributed by atoms with van der Waals surface area (Å²) >= 11 is 0.